The third-order valence-electron chi connectivity index (χ3n) is 4.60. The fourth-order valence-electron chi connectivity index (χ4n) is 3.21. The van der Waals surface area contributed by atoms with Crippen LogP contribution >= 0.6 is 0 Å². The number of methoxy groups -OCH3 is 1. The molecule has 0 fully saturated rings. The van der Waals surface area contributed by atoms with Crippen LogP contribution in [0.15, 0.2) is 29.1 Å². The van der Waals surface area contributed by atoms with Gasteiger partial charge in [-0.3, -0.25) is 9.36 Å². The Morgan fingerprint density at radius 1 is 1.17 bits per heavy atom. The number of phenols is 1. The molecule has 0 unspecified atom stereocenters. The van der Waals surface area contributed by atoms with Crippen molar-refractivity contribution in [3.05, 3.63) is 46.1 Å². The van der Waals surface area contributed by atoms with Gasteiger partial charge in [0.25, 0.3) is 5.56 Å². The Morgan fingerprint density at radius 2 is 1.86 bits per heavy atom. The summed E-state index contributed by atoms with van der Waals surface area (Å²) < 4.78 is 66.6. The summed E-state index contributed by atoms with van der Waals surface area (Å²) in [7, 11) is 1.18. The van der Waals surface area contributed by atoms with Gasteiger partial charge in [-0.25, -0.2) is 9.18 Å². The lowest BCUT2D eigenvalue weighted by Crippen LogP contribution is -2.35. The summed E-state index contributed by atoms with van der Waals surface area (Å²) in [6.45, 7) is 5.00. The van der Waals surface area contributed by atoms with Gasteiger partial charge < -0.3 is 25.2 Å². The van der Waals surface area contributed by atoms with Crippen LogP contribution in [0.2, 0.25) is 0 Å². The molecule has 14 heteroatoms. The summed E-state index contributed by atoms with van der Waals surface area (Å²) in [5.41, 5.74) is -5.17. The molecule has 3 rings (SSSR count). The number of pyridine rings is 1. The number of rotatable bonds is 6. The zero-order valence-electron chi connectivity index (χ0n) is 19.7. The van der Waals surface area contributed by atoms with Gasteiger partial charge in [0.15, 0.2) is 5.82 Å². The summed E-state index contributed by atoms with van der Waals surface area (Å²) in [5.74, 6) is -2.33. The summed E-state index contributed by atoms with van der Waals surface area (Å²) in [6.07, 6.45) is -5.83. The van der Waals surface area contributed by atoms with Gasteiger partial charge in [0.05, 0.1) is 12.5 Å². The van der Waals surface area contributed by atoms with Gasteiger partial charge in [0, 0.05) is 13.1 Å². The molecule has 0 spiro atoms. The number of phenolic OH excluding ortho intramolecular Hbond substituents is 1. The van der Waals surface area contributed by atoms with Crippen LogP contribution in [0.3, 0.4) is 0 Å². The summed E-state index contributed by atoms with van der Waals surface area (Å²) in [5, 5.41) is 14.9. The van der Waals surface area contributed by atoms with Crippen LogP contribution in [0.25, 0.3) is 16.6 Å². The van der Waals surface area contributed by atoms with Crippen LogP contribution in [0.1, 0.15) is 26.5 Å². The lowest BCUT2D eigenvalue weighted by Gasteiger charge is -2.20. The minimum atomic E-state index is -5.13. The molecule has 10 nitrogen and oxygen atoms in total. The topological polar surface area (TPSA) is 128 Å². The van der Waals surface area contributed by atoms with E-state index in [0.717, 1.165) is 18.2 Å². The van der Waals surface area contributed by atoms with Crippen molar-refractivity contribution in [2.45, 2.75) is 32.5 Å². The van der Waals surface area contributed by atoms with Crippen molar-refractivity contribution >= 4 is 22.8 Å². The van der Waals surface area contributed by atoms with Crippen LogP contribution in [0.5, 0.6) is 11.8 Å². The predicted molar refractivity (Wildman–Crippen MR) is 121 cm³/mol. The fraction of sp³-hybridized carbons (Fsp3) is 0.364. The molecule has 0 aliphatic heterocycles. The number of aromatic nitrogens is 3. The Kier molecular flexibility index (Phi) is 7.27. The van der Waals surface area contributed by atoms with Gasteiger partial charge in [-0.2, -0.15) is 23.1 Å². The molecule has 0 saturated carbocycles. The van der Waals surface area contributed by atoms with Crippen LogP contribution in [0, 0.1) is 5.82 Å². The molecule has 3 aromatic rings. The monoisotopic (exact) mass is 513 g/mol. The average molecular weight is 513 g/mol. The largest absolute Gasteiger partial charge is 0.506 e. The number of fused-ring (bicyclic) bond motifs is 1. The maximum Gasteiger partial charge on any atom is 0.431 e. The molecule has 194 valence electrons. The average Bonchev–Trinajstić information content (AvgIpc) is 2.75. The quantitative estimate of drug-likeness (QED) is 0.337. The van der Waals surface area contributed by atoms with E-state index >= 15 is 0 Å². The molecule has 2 aromatic heterocycles. The first-order valence-electron chi connectivity index (χ1n) is 10.5. The lowest BCUT2D eigenvalue weighted by atomic mass is 10.2. The van der Waals surface area contributed by atoms with Gasteiger partial charge in [0.1, 0.15) is 34.1 Å². The van der Waals surface area contributed by atoms with E-state index in [0.29, 0.717) is 6.07 Å². The number of anilines is 1. The zero-order chi connectivity index (χ0) is 26.8. The number of aromatic hydroxyl groups is 1. The Hall–Kier alpha value is -4.10. The maximum absolute atomic E-state index is 14.5. The van der Waals surface area contributed by atoms with E-state index < -0.39 is 51.9 Å². The van der Waals surface area contributed by atoms with Gasteiger partial charge in [-0.15, -0.1) is 0 Å². The Bertz CT molecular complexity index is 1330. The van der Waals surface area contributed by atoms with Crippen molar-refractivity contribution in [2.75, 3.05) is 25.5 Å². The Balaban J connectivity index is 2.10. The molecule has 3 N–H and O–H groups in total. The normalized spacial score (nSPS) is 11.9. The second-order valence-electron chi connectivity index (χ2n) is 8.45. The molecule has 1 aromatic carbocycles. The lowest BCUT2D eigenvalue weighted by molar-refractivity contribution is -0.142. The van der Waals surface area contributed by atoms with Crippen molar-refractivity contribution in [2.24, 2.45) is 0 Å². The highest BCUT2D eigenvalue weighted by Crippen LogP contribution is 2.36. The number of ether oxygens (including phenoxy) is 2. The molecule has 0 saturated heterocycles. The molecule has 0 aliphatic rings. The second-order valence-corrected chi connectivity index (χ2v) is 8.45. The van der Waals surface area contributed by atoms with E-state index in [-0.39, 0.29) is 34.9 Å². The fourth-order valence-corrected chi connectivity index (χ4v) is 3.21. The van der Waals surface area contributed by atoms with Gasteiger partial charge in [-0.05, 0) is 39.0 Å². The second kappa shape index (κ2) is 9.87. The van der Waals surface area contributed by atoms with Crippen LogP contribution in [-0.4, -0.2) is 51.5 Å². The van der Waals surface area contributed by atoms with E-state index in [1.807, 2.05) is 0 Å². The van der Waals surface area contributed by atoms with Crippen LogP contribution in [0.4, 0.5) is 28.2 Å². The van der Waals surface area contributed by atoms with E-state index in [4.69, 9.17) is 9.47 Å². The van der Waals surface area contributed by atoms with E-state index in [1.165, 1.54) is 7.11 Å². The number of para-hydroxylation sites is 1. The number of carbonyl (C=O) groups excluding carboxylic acids is 1. The number of carbonyl (C=O) groups is 1. The minimum Gasteiger partial charge on any atom is -0.506 e. The van der Waals surface area contributed by atoms with Crippen molar-refractivity contribution in [1.82, 2.24) is 19.9 Å². The van der Waals surface area contributed by atoms with Crippen molar-refractivity contribution < 1.29 is 36.9 Å². The number of amides is 1. The first-order chi connectivity index (χ1) is 16.7. The predicted octanol–water partition coefficient (Wildman–Crippen LogP) is 3.59. The molecule has 1 amide bonds. The van der Waals surface area contributed by atoms with Crippen molar-refractivity contribution in [1.29, 1.82) is 0 Å². The molecular formula is C22H23F4N5O5. The standard InChI is InChI=1S/C22H23F4N5O5/c1-21(2,3)36-20(34)28-9-8-27-17-11-10-14(22(24,25)26)31(16-12(23)6-5-7-13(16)32)18(33)15(11)29-19(30-17)35-4/h5-7,10,32H,8-9H2,1-4H3,(H,28,34)(H,27,29,30). The molecule has 0 bridgehead atoms. The molecule has 2 heterocycles. The van der Waals surface area contributed by atoms with Gasteiger partial charge in [-0.1, -0.05) is 6.07 Å². The summed E-state index contributed by atoms with van der Waals surface area (Å²) in [6, 6.07) is 3.03. The number of benzene rings is 1. The SMILES string of the molecule is COc1nc(NCCNC(=O)OC(C)(C)C)c2cc(C(F)(F)F)n(-c3c(O)cccc3F)c(=O)c2n1. The van der Waals surface area contributed by atoms with Crippen molar-refractivity contribution in [3.63, 3.8) is 0 Å². The number of hydrogen-bond acceptors (Lipinski definition) is 8. The molecular weight excluding hydrogens is 490 g/mol. The molecule has 0 aliphatic carbocycles. The van der Waals surface area contributed by atoms with E-state index in [1.54, 1.807) is 20.8 Å². The third kappa shape index (κ3) is 5.75. The summed E-state index contributed by atoms with van der Waals surface area (Å²) >= 11 is 0. The third-order valence-corrected chi connectivity index (χ3v) is 4.60. The smallest absolute Gasteiger partial charge is 0.431 e. The highest BCUT2D eigenvalue weighted by molar-refractivity contribution is 5.89. The van der Waals surface area contributed by atoms with Crippen LogP contribution < -0.4 is 20.9 Å². The summed E-state index contributed by atoms with van der Waals surface area (Å²) in [4.78, 5) is 32.8. The number of halogens is 4. The first-order valence-corrected chi connectivity index (χ1v) is 10.5. The number of alkyl carbamates (subject to hydrolysis) is 1. The van der Waals surface area contributed by atoms with Crippen molar-refractivity contribution in [3.8, 4) is 17.4 Å². The van der Waals surface area contributed by atoms with Gasteiger partial charge in [0.2, 0.25) is 0 Å². The molecule has 36 heavy (non-hydrogen) atoms. The highest BCUT2D eigenvalue weighted by Gasteiger charge is 2.37. The van der Waals surface area contributed by atoms with E-state index in [2.05, 4.69) is 20.6 Å². The minimum absolute atomic E-state index is 0.00494. The Morgan fingerprint density at radius 3 is 2.44 bits per heavy atom. The van der Waals surface area contributed by atoms with Crippen LogP contribution in [-0.2, 0) is 10.9 Å². The zero-order valence-corrected chi connectivity index (χ0v) is 19.7. The maximum atomic E-state index is 14.5. The number of alkyl halides is 3. The number of nitrogens with one attached hydrogen (secondary N) is 2. The highest BCUT2D eigenvalue weighted by atomic mass is 19.4. The number of hydrogen-bond donors (Lipinski definition) is 3. The first kappa shape index (κ1) is 26.5. The number of nitrogens with zero attached hydrogens (tertiary/aromatic N) is 3. The van der Waals surface area contributed by atoms with Gasteiger partial charge >= 0.3 is 18.3 Å². The molecule has 0 atom stereocenters. The Labute approximate surface area is 201 Å². The van der Waals surface area contributed by atoms with E-state index in [9.17, 15) is 32.3 Å². The molecule has 0 radical (unpaired) electrons.